The summed E-state index contributed by atoms with van der Waals surface area (Å²) in [6, 6.07) is 0. The van der Waals surface area contributed by atoms with Crippen molar-refractivity contribution < 1.29 is 33.7 Å². The van der Waals surface area contributed by atoms with Gasteiger partial charge in [-0.2, -0.15) is 4.67 Å². The summed E-state index contributed by atoms with van der Waals surface area (Å²) in [5.41, 5.74) is 0. The Morgan fingerprint density at radius 3 is 1.33 bits per heavy atom. The molecule has 13 heteroatoms. The number of rotatable bonds is 3. The van der Waals surface area contributed by atoms with Crippen molar-refractivity contribution in [1.82, 2.24) is 0 Å². The van der Waals surface area contributed by atoms with Gasteiger partial charge in [-0.05, 0) is 6.92 Å². The molecule has 15 heavy (non-hydrogen) atoms. The van der Waals surface area contributed by atoms with Crippen LogP contribution in [0.4, 0.5) is 0 Å². The van der Waals surface area contributed by atoms with E-state index in [1.165, 1.54) is 0 Å². The second-order valence-electron chi connectivity index (χ2n) is 1.87. The summed E-state index contributed by atoms with van der Waals surface area (Å²) < 4.78 is 23.9. The van der Waals surface area contributed by atoms with Crippen LogP contribution in [0.25, 0.3) is 0 Å². The molecular formula is C2H12Na4O7P2. The van der Waals surface area contributed by atoms with Crippen LogP contribution in [0.5, 0.6) is 0 Å². The minimum absolute atomic E-state index is 0. The third-order valence-corrected chi connectivity index (χ3v) is 5.01. The molecule has 0 aliphatic rings. The Morgan fingerprint density at radius 2 is 1.27 bits per heavy atom. The molecule has 0 saturated heterocycles. The molecule has 7 nitrogen and oxygen atoms in total. The molecule has 2 unspecified atom stereocenters. The van der Waals surface area contributed by atoms with Gasteiger partial charge in [-0.1, -0.05) is 0 Å². The molecule has 0 amide bonds. The van der Waals surface area contributed by atoms with Gasteiger partial charge < -0.3 is 14.7 Å². The van der Waals surface area contributed by atoms with Crippen molar-refractivity contribution in [1.29, 1.82) is 0 Å². The Morgan fingerprint density at radius 1 is 1.00 bits per heavy atom. The van der Waals surface area contributed by atoms with E-state index in [0.29, 0.717) is 0 Å². The van der Waals surface area contributed by atoms with Gasteiger partial charge in [0.2, 0.25) is 0 Å². The van der Waals surface area contributed by atoms with Crippen molar-refractivity contribution in [3.63, 3.8) is 0 Å². The fourth-order valence-electron chi connectivity index (χ4n) is 0.258. The zero-order valence-corrected chi connectivity index (χ0v) is 7.27. The normalized spacial score (nSPS) is 15.3. The van der Waals surface area contributed by atoms with E-state index in [1.54, 1.807) is 0 Å². The molecule has 0 bridgehead atoms. The van der Waals surface area contributed by atoms with E-state index >= 15 is 0 Å². The molecule has 0 aliphatic carbocycles. The van der Waals surface area contributed by atoms with E-state index in [-0.39, 0.29) is 118 Å². The molecule has 0 aromatic carbocycles. The van der Waals surface area contributed by atoms with Crippen LogP contribution in [-0.4, -0.2) is 144 Å². The molecule has 0 heterocycles. The van der Waals surface area contributed by atoms with Crippen LogP contribution in [0.3, 0.4) is 0 Å². The first-order valence-corrected chi connectivity index (χ1v) is 5.75. The molecule has 76 valence electrons. The second kappa shape index (κ2) is 13.3. The van der Waals surface area contributed by atoms with Crippen LogP contribution in [-0.2, 0) is 13.8 Å². The van der Waals surface area contributed by atoms with Crippen molar-refractivity contribution in [3.05, 3.63) is 0 Å². The average Bonchev–Trinajstić information content (AvgIpc) is 1.84. The molecule has 0 spiro atoms. The zero-order valence-electron chi connectivity index (χ0n) is 5.49. The third kappa shape index (κ3) is 13.0. The molecule has 0 aliphatic heterocycles. The molecule has 0 rings (SSSR count). The summed E-state index contributed by atoms with van der Waals surface area (Å²) >= 11 is 0. The molecule has 0 aromatic heterocycles. The first-order valence-electron chi connectivity index (χ1n) is 2.42. The Balaban J connectivity index is -0.0000000833. The Hall–Kier alpha value is 4.26. The first-order chi connectivity index (χ1) is 4.72. The van der Waals surface area contributed by atoms with Gasteiger partial charge in [0.15, 0.2) is 5.40 Å². The van der Waals surface area contributed by atoms with Gasteiger partial charge in [0, 0.05) is 0 Å². The standard InChI is InChI=1S/C2H8O7P2.4Na.4H/c1-2(10(4,5)6)11(7,8)9-3;;;;;;;;/h2-3H,1H3,(H,7,8)(H2,4,5,6);;;;;;;;. The maximum atomic E-state index is 10.5. The Bertz CT molecular complexity index is 229. The summed E-state index contributed by atoms with van der Waals surface area (Å²) in [4.78, 5) is 25.2. The molecule has 0 saturated carbocycles. The van der Waals surface area contributed by atoms with E-state index in [4.69, 9.17) is 19.9 Å². The van der Waals surface area contributed by atoms with Gasteiger partial charge >= 0.3 is 133 Å². The van der Waals surface area contributed by atoms with E-state index in [9.17, 15) is 9.13 Å². The van der Waals surface area contributed by atoms with E-state index in [2.05, 4.69) is 4.67 Å². The van der Waals surface area contributed by atoms with Crippen molar-refractivity contribution >= 4 is 133 Å². The molecule has 0 radical (unpaired) electrons. The molecular weight excluding hydrogens is 290 g/mol. The molecule has 4 N–H and O–H groups in total. The quantitative estimate of drug-likeness (QED) is 0.198. The first kappa shape index (κ1) is 31.6. The van der Waals surface area contributed by atoms with Crippen LogP contribution in [0.15, 0.2) is 0 Å². The van der Waals surface area contributed by atoms with Gasteiger partial charge in [0.25, 0.3) is 0 Å². The van der Waals surface area contributed by atoms with Gasteiger partial charge in [-0.25, -0.2) is 5.26 Å². The predicted molar refractivity (Wildman–Crippen MR) is 63.6 cm³/mol. The van der Waals surface area contributed by atoms with Gasteiger partial charge in [-0.15, -0.1) is 0 Å². The van der Waals surface area contributed by atoms with E-state index in [1.807, 2.05) is 0 Å². The fraction of sp³-hybridized carbons (Fsp3) is 1.00. The van der Waals surface area contributed by atoms with Crippen molar-refractivity contribution in [2.45, 2.75) is 12.3 Å². The van der Waals surface area contributed by atoms with Crippen molar-refractivity contribution in [2.24, 2.45) is 0 Å². The average molecular weight is 302 g/mol. The van der Waals surface area contributed by atoms with Crippen LogP contribution in [0.2, 0.25) is 0 Å². The van der Waals surface area contributed by atoms with Crippen molar-refractivity contribution in [3.8, 4) is 0 Å². The molecule has 0 fully saturated rings. The van der Waals surface area contributed by atoms with Crippen LogP contribution < -0.4 is 0 Å². The third-order valence-electron chi connectivity index (χ3n) is 1.08. The zero-order chi connectivity index (χ0) is 9.28. The van der Waals surface area contributed by atoms with Gasteiger partial charge in [-0.3, -0.25) is 9.13 Å². The minimum atomic E-state index is -4.69. The fourth-order valence-corrected chi connectivity index (χ4v) is 2.04. The SMILES string of the molecule is CC(P(=O)(O)O)P(=O)(O)OO.[NaH].[NaH].[NaH].[NaH]. The summed E-state index contributed by atoms with van der Waals surface area (Å²) in [6.07, 6.45) is 0. The Kier molecular flexibility index (Phi) is 27.9. The van der Waals surface area contributed by atoms with Crippen molar-refractivity contribution in [2.75, 3.05) is 0 Å². The monoisotopic (exact) mass is 302 g/mol. The van der Waals surface area contributed by atoms with E-state index in [0.717, 1.165) is 6.92 Å². The van der Waals surface area contributed by atoms with Gasteiger partial charge in [0.1, 0.15) is 0 Å². The second-order valence-corrected chi connectivity index (χ2v) is 6.29. The van der Waals surface area contributed by atoms with E-state index < -0.39 is 20.6 Å². The summed E-state index contributed by atoms with van der Waals surface area (Å²) in [7, 11) is -9.29. The maximum absolute atomic E-state index is 10.5. The number of hydrogen-bond donors (Lipinski definition) is 4. The summed E-state index contributed by atoms with van der Waals surface area (Å²) in [6.45, 7) is 0.803. The summed E-state index contributed by atoms with van der Waals surface area (Å²) in [5.74, 6) is 0. The predicted octanol–water partition coefficient (Wildman–Crippen LogP) is -2.41. The molecule has 0 aromatic rings. The summed E-state index contributed by atoms with van der Waals surface area (Å²) in [5, 5.41) is 5.85. The van der Waals surface area contributed by atoms with Crippen LogP contribution in [0.1, 0.15) is 6.92 Å². The van der Waals surface area contributed by atoms with Crippen LogP contribution >= 0.6 is 15.2 Å². The molecule has 2 atom stereocenters. The topological polar surface area (TPSA) is 124 Å². The number of hydrogen-bond acceptors (Lipinski definition) is 4. The van der Waals surface area contributed by atoms with Crippen LogP contribution in [0, 0.1) is 0 Å². The Labute approximate surface area is 176 Å². The van der Waals surface area contributed by atoms with Gasteiger partial charge in [0.05, 0.1) is 0 Å².